The van der Waals surface area contributed by atoms with Gasteiger partial charge in [0.1, 0.15) is 11.3 Å². The second-order valence-corrected chi connectivity index (χ2v) is 4.87. The van der Waals surface area contributed by atoms with Crippen LogP contribution >= 0.6 is 11.6 Å². The summed E-state index contributed by atoms with van der Waals surface area (Å²) in [4.78, 5) is 0. The van der Waals surface area contributed by atoms with Gasteiger partial charge >= 0.3 is 0 Å². The molecular formula is C14H14ClN3O. The summed E-state index contributed by atoms with van der Waals surface area (Å²) in [5.41, 5.74) is 8.53. The fourth-order valence-corrected chi connectivity index (χ4v) is 2.37. The minimum atomic E-state index is 0.445. The van der Waals surface area contributed by atoms with Crippen LogP contribution in [0.2, 0.25) is 5.02 Å². The van der Waals surface area contributed by atoms with Crippen LogP contribution < -0.4 is 5.73 Å². The van der Waals surface area contributed by atoms with E-state index in [1.807, 2.05) is 31.2 Å². The van der Waals surface area contributed by atoms with Crippen LogP contribution in [0.3, 0.4) is 0 Å². The summed E-state index contributed by atoms with van der Waals surface area (Å²) in [7, 11) is 0. The maximum absolute atomic E-state index is 6.01. The van der Waals surface area contributed by atoms with Gasteiger partial charge < -0.3 is 10.2 Å². The highest BCUT2D eigenvalue weighted by Gasteiger charge is 2.13. The molecule has 2 aromatic heterocycles. The predicted molar refractivity (Wildman–Crippen MR) is 75.2 cm³/mol. The smallest absolute Gasteiger partial charge is 0.134 e. The summed E-state index contributed by atoms with van der Waals surface area (Å²) in [6, 6.07) is 7.89. The number of nitrogens with two attached hydrogens (primary N) is 1. The maximum Gasteiger partial charge on any atom is 0.134 e. The van der Waals surface area contributed by atoms with Crippen LogP contribution in [0, 0.1) is 6.92 Å². The zero-order chi connectivity index (χ0) is 13.4. The third-order valence-electron chi connectivity index (χ3n) is 3.18. The Hall–Kier alpha value is -1.78. The van der Waals surface area contributed by atoms with Crippen molar-refractivity contribution in [1.82, 2.24) is 9.78 Å². The predicted octanol–water partition coefficient (Wildman–Crippen LogP) is 3.10. The van der Waals surface area contributed by atoms with Crippen molar-refractivity contribution in [2.24, 2.45) is 5.73 Å². The van der Waals surface area contributed by atoms with Gasteiger partial charge in [-0.25, -0.2) is 0 Å². The van der Waals surface area contributed by atoms with Crippen LogP contribution in [-0.4, -0.2) is 9.78 Å². The lowest BCUT2D eigenvalue weighted by Gasteiger charge is -2.00. The van der Waals surface area contributed by atoms with Gasteiger partial charge in [-0.15, -0.1) is 0 Å². The lowest BCUT2D eigenvalue weighted by atomic mass is 10.1. The lowest BCUT2D eigenvalue weighted by Crippen LogP contribution is -2.04. The standard InChI is InChI=1S/C14H14ClN3O/c1-9-12(15)7-18(17-9)8-14-11(6-16)10-4-2-3-5-13(10)19-14/h2-5,7H,6,8,16H2,1H3. The summed E-state index contributed by atoms with van der Waals surface area (Å²) in [6.07, 6.45) is 1.80. The van der Waals surface area contributed by atoms with Crippen molar-refractivity contribution in [1.29, 1.82) is 0 Å². The van der Waals surface area contributed by atoms with Crippen LogP contribution in [0.1, 0.15) is 17.0 Å². The lowest BCUT2D eigenvalue weighted by molar-refractivity contribution is 0.503. The molecule has 2 N–H and O–H groups in total. The molecular weight excluding hydrogens is 262 g/mol. The normalized spacial score (nSPS) is 11.3. The third-order valence-corrected chi connectivity index (χ3v) is 3.55. The third kappa shape index (κ3) is 2.13. The van der Waals surface area contributed by atoms with Crippen LogP contribution in [0.4, 0.5) is 0 Å². The second kappa shape index (κ2) is 4.72. The van der Waals surface area contributed by atoms with Crippen molar-refractivity contribution in [3.8, 4) is 0 Å². The molecule has 0 spiro atoms. The largest absolute Gasteiger partial charge is 0.459 e. The van der Waals surface area contributed by atoms with E-state index in [4.69, 9.17) is 21.8 Å². The molecule has 0 bridgehead atoms. The zero-order valence-electron chi connectivity index (χ0n) is 10.6. The molecule has 2 heterocycles. The van der Waals surface area contributed by atoms with Gasteiger partial charge in [0.15, 0.2) is 0 Å². The number of halogens is 1. The van der Waals surface area contributed by atoms with Gasteiger partial charge in [-0.1, -0.05) is 29.8 Å². The van der Waals surface area contributed by atoms with E-state index in [0.717, 1.165) is 28.0 Å². The van der Waals surface area contributed by atoms with E-state index in [2.05, 4.69) is 5.10 Å². The molecule has 4 nitrogen and oxygen atoms in total. The Labute approximate surface area is 115 Å². The minimum absolute atomic E-state index is 0.445. The van der Waals surface area contributed by atoms with E-state index in [-0.39, 0.29) is 0 Å². The van der Waals surface area contributed by atoms with Crippen molar-refractivity contribution in [3.63, 3.8) is 0 Å². The van der Waals surface area contributed by atoms with Crippen LogP contribution in [0.5, 0.6) is 0 Å². The number of para-hydroxylation sites is 1. The molecule has 0 unspecified atom stereocenters. The molecule has 5 heteroatoms. The number of nitrogens with zero attached hydrogens (tertiary/aromatic N) is 2. The van der Waals surface area contributed by atoms with Gasteiger partial charge in [0.25, 0.3) is 0 Å². The first-order chi connectivity index (χ1) is 9.19. The Morgan fingerprint density at radius 1 is 1.37 bits per heavy atom. The SMILES string of the molecule is Cc1nn(Cc2oc3ccccc3c2CN)cc1Cl. The van der Waals surface area contributed by atoms with E-state index in [1.165, 1.54) is 0 Å². The van der Waals surface area contributed by atoms with Gasteiger partial charge in [-0.3, -0.25) is 4.68 Å². The topological polar surface area (TPSA) is 57.0 Å². The Morgan fingerprint density at radius 2 is 2.16 bits per heavy atom. The molecule has 0 amide bonds. The molecule has 19 heavy (non-hydrogen) atoms. The molecule has 0 saturated carbocycles. The summed E-state index contributed by atoms with van der Waals surface area (Å²) in [6.45, 7) is 2.86. The number of rotatable bonds is 3. The van der Waals surface area contributed by atoms with Crippen molar-refractivity contribution in [3.05, 3.63) is 52.5 Å². The van der Waals surface area contributed by atoms with Crippen molar-refractivity contribution in [2.45, 2.75) is 20.0 Å². The average Bonchev–Trinajstić information content (AvgIpc) is 2.90. The molecule has 0 atom stereocenters. The Balaban J connectivity index is 2.04. The molecule has 0 aliphatic rings. The molecule has 0 aliphatic carbocycles. The Morgan fingerprint density at radius 3 is 2.84 bits per heavy atom. The molecule has 0 saturated heterocycles. The molecule has 0 aliphatic heterocycles. The summed E-state index contributed by atoms with van der Waals surface area (Å²) in [5.74, 6) is 0.836. The first-order valence-corrected chi connectivity index (χ1v) is 6.45. The number of fused-ring (bicyclic) bond motifs is 1. The fraction of sp³-hybridized carbons (Fsp3) is 0.214. The molecule has 3 aromatic rings. The number of benzene rings is 1. The van der Waals surface area contributed by atoms with Crippen LogP contribution in [-0.2, 0) is 13.1 Å². The number of aromatic nitrogens is 2. The van der Waals surface area contributed by atoms with E-state index < -0.39 is 0 Å². The van der Waals surface area contributed by atoms with Crippen LogP contribution in [0.25, 0.3) is 11.0 Å². The van der Waals surface area contributed by atoms with Gasteiger partial charge in [0.05, 0.1) is 17.3 Å². The second-order valence-electron chi connectivity index (χ2n) is 4.46. The van der Waals surface area contributed by atoms with Crippen molar-refractivity contribution in [2.75, 3.05) is 0 Å². The number of hydrogen-bond acceptors (Lipinski definition) is 3. The van der Waals surface area contributed by atoms with Crippen LogP contribution in [0.15, 0.2) is 34.9 Å². The van der Waals surface area contributed by atoms with Gasteiger partial charge in [-0.2, -0.15) is 5.10 Å². The molecule has 0 fully saturated rings. The van der Waals surface area contributed by atoms with E-state index in [9.17, 15) is 0 Å². The minimum Gasteiger partial charge on any atom is -0.459 e. The number of aryl methyl sites for hydroxylation is 1. The number of hydrogen-bond donors (Lipinski definition) is 1. The highest BCUT2D eigenvalue weighted by molar-refractivity contribution is 6.31. The number of furan rings is 1. The maximum atomic E-state index is 6.01. The summed E-state index contributed by atoms with van der Waals surface area (Å²) < 4.78 is 7.63. The highest BCUT2D eigenvalue weighted by atomic mass is 35.5. The average molecular weight is 276 g/mol. The molecule has 98 valence electrons. The summed E-state index contributed by atoms with van der Waals surface area (Å²) >= 11 is 6.01. The zero-order valence-corrected chi connectivity index (χ0v) is 11.3. The monoisotopic (exact) mass is 275 g/mol. The quantitative estimate of drug-likeness (QED) is 0.799. The first kappa shape index (κ1) is 12.3. The van der Waals surface area contributed by atoms with E-state index >= 15 is 0 Å². The summed E-state index contributed by atoms with van der Waals surface area (Å²) in [5, 5.41) is 6.06. The first-order valence-electron chi connectivity index (χ1n) is 6.08. The fourth-order valence-electron chi connectivity index (χ4n) is 2.22. The Kier molecular flexibility index (Phi) is 3.05. The van der Waals surface area contributed by atoms with Gasteiger partial charge in [0.2, 0.25) is 0 Å². The van der Waals surface area contributed by atoms with Crippen molar-refractivity contribution < 1.29 is 4.42 Å². The van der Waals surface area contributed by atoms with E-state index in [1.54, 1.807) is 10.9 Å². The molecule has 0 radical (unpaired) electrons. The Bertz CT molecular complexity index is 710. The molecule has 1 aromatic carbocycles. The highest BCUT2D eigenvalue weighted by Crippen LogP contribution is 2.26. The van der Waals surface area contributed by atoms with Crippen molar-refractivity contribution >= 4 is 22.6 Å². The van der Waals surface area contributed by atoms with Gasteiger partial charge in [0, 0.05) is 23.7 Å². The van der Waals surface area contributed by atoms with Gasteiger partial charge in [-0.05, 0) is 13.0 Å². The van der Waals surface area contributed by atoms with E-state index in [0.29, 0.717) is 18.1 Å². The molecule has 3 rings (SSSR count).